The Hall–Kier alpha value is -0.160. The Balaban J connectivity index is 2.10. The quantitative estimate of drug-likeness (QED) is 0.460. The number of nitrogens with zero attached hydrogens (tertiary/aromatic N) is 1. The second-order valence-electron chi connectivity index (χ2n) is 3.25. The van der Waals surface area contributed by atoms with Gasteiger partial charge >= 0.3 is 0 Å². The molecule has 0 aliphatic carbocycles. The molecule has 0 amide bonds. The van der Waals surface area contributed by atoms with Crippen LogP contribution in [0, 0.1) is 0 Å². The summed E-state index contributed by atoms with van der Waals surface area (Å²) >= 11 is 0. The van der Waals surface area contributed by atoms with Crippen LogP contribution in [0.25, 0.3) is 0 Å². The topological polar surface area (TPSA) is 55.7 Å². The van der Waals surface area contributed by atoms with Crippen LogP contribution in [0.5, 0.6) is 0 Å². The molecule has 1 aliphatic rings. The Morgan fingerprint density at radius 2 is 1.92 bits per heavy atom. The molecule has 1 aliphatic heterocycles. The van der Waals surface area contributed by atoms with Crippen LogP contribution in [-0.4, -0.2) is 60.0 Å². The van der Waals surface area contributed by atoms with Crippen LogP contribution in [-0.2, 0) is 0 Å². The first-order valence-electron chi connectivity index (χ1n) is 4.53. The summed E-state index contributed by atoms with van der Waals surface area (Å²) in [6.07, 6.45) is -1.10. The average Bonchev–Trinajstić information content (AvgIpc) is 2.32. The summed E-state index contributed by atoms with van der Waals surface area (Å²) < 4.78 is 0. The summed E-state index contributed by atoms with van der Waals surface area (Å²) in [6, 6.07) is 0. The molecule has 0 aromatic rings. The minimum Gasteiger partial charge on any atom is -0.389 e. The zero-order chi connectivity index (χ0) is 8.97. The predicted molar refractivity (Wildman–Crippen MR) is 47.0 cm³/mol. The van der Waals surface area contributed by atoms with Crippen LogP contribution in [0.3, 0.4) is 0 Å². The molecule has 0 aromatic heterocycles. The fraction of sp³-hybridized carbons (Fsp3) is 1.00. The second-order valence-corrected chi connectivity index (χ2v) is 3.25. The van der Waals surface area contributed by atoms with Gasteiger partial charge in [0.05, 0.1) is 12.2 Å². The van der Waals surface area contributed by atoms with Crippen LogP contribution in [0.15, 0.2) is 0 Å². The Morgan fingerprint density at radius 3 is 2.42 bits per heavy atom. The fourth-order valence-electron chi connectivity index (χ4n) is 1.44. The molecule has 0 radical (unpaired) electrons. The van der Waals surface area contributed by atoms with E-state index in [9.17, 15) is 10.2 Å². The number of likely N-dealkylation sites (tertiary alicyclic amines) is 1. The Morgan fingerprint density at radius 1 is 1.33 bits per heavy atom. The molecule has 1 rings (SSSR count). The molecule has 12 heavy (non-hydrogen) atoms. The molecule has 0 bridgehead atoms. The summed E-state index contributed by atoms with van der Waals surface area (Å²) in [7, 11) is 0. The summed E-state index contributed by atoms with van der Waals surface area (Å²) in [5, 5.41) is 21.6. The van der Waals surface area contributed by atoms with Crippen molar-refractivity contribution in [3.8, 4) is 0 Å². The second kappa shape index (κ2) is 4.77. The Labute approximate surface area is 73.2 Å². The molecular weight excluding hydrogens is 156 g/mol. The number of aliphatic hydroxyl groups excluding tert-OH is 2. The van der Waals surface area contributed by atoms with Crippen molar-refractivity contribution < 1.29 is 10.2 Å². The molecule has 0 saturated carbocycles. The lowest BCUT2D eigenvalue weighted by molar-refractivity contribution is 0.0572. The maximum absolute atomic E-state index is 9.21. The van der Waals surface area contributed by atoms with Crippen molar-refractivity contribution in [1.82, 2.24) is 10.2 Å². The smallest absolute Gasteiger partial charge is 0.0938 e. The highest BCUT2D eigenvalue weighted by molar-refractivity contribution is 4.83. The summed E-state index contributed by atoms with van der Waals surface area (Å²) in [5.41, 5.74) is 0. The van der Waals surface area contributed by atoms with Gasteiger partial charge < -0.3 is 15.5 Å². The van der Waals surface area contributed by atoms with Crippen LogP contribution in [0.2, 0.25) is 0 Å². The van der Waals surface area contributed by atoms with E-state index >= 15 is 0 Å². The minimum absolute atomic E-state index is 0.549. The molecule has 1 fully saturated rings. The SMILES string of the molecule is CCNCCN1C[C@H](O)[C@@H](O)C1. The monoisotopic (exact) mass is 174 g/mol. The van der Waals surface area contributed by atoms with Gasteiger partial charge in [0.2, 0.25) is 0 Å². The van der Waals surface area contributed by atoms with E-state index in [0.717, 1.165) is 19.6 Å². The third-order valence-corrected chi connectivity index (χ3v) is 2.19. The molecule has 4 heteroatoms. The van der Waals surface area contributed by atoms with Gasteiger partial charge in [-0.25, -0.2) is 0 Å². The number of rotatable bonds is 4. The van der Waals surface area contributed by atoms with E-state index in [1.54, 1.807) is 0 Å². The Kier molecular flexibility index (Phi) is 3.94. The maximum Gasteiger partial charge on any atom is 0.0938 e. The van der Waals surface area contributed by atoms with Crippen LogP contribution in [0.1, 0.15) is 6.92 Å². The van der Waals surface area contributed by atoms with Crippen molar-refractivity contribution in [2.75, 3.05) is 32.7 Å². The molecular formula is C8H18N2O2. The van der Waals surface area contributed by atoms with E-state index in [2.05, 4.69) is 17.1 Å². The van der Waals surface area contributed by atoms with E-state index in [0.29, 0.717) is 13.1 Å². The van der Waals surface area contributed by atoms with E-state index in [4.69, 9.17) is 0 Å². The van der Waals surface area contributed by atoms with Gasteiger partial charge in [-0.05, 0) is 6.54 Å². The largest absolute Gasteiger partial charge is 0.389 e. The van der Waals surface area contributed by atoms with Gasteiger partial charge in [-0.1, -0.05) is 6.92 Å². The molecule has 0 spiro atoms. The number of hydrogen-bond donors (Lipinski definition) is 3. The zero-order valence-electron chi connectivity index (χ0n) is 7.53. The molecule has 1 saturated heterocycles. The normalized spacial score (nSPS) is 31.2. The van der Waals surface area contributed by atoms with Crippen LogP contribution < -0.4 is 5.32 Å². The van der Waals surface area contributed by atoms with Crippen molar-refractivity contribution in [1.29, 1.82) is 0 Å². The summed E-state index contributed by atoms with van der Waals surface area (Å²) in [4.78, 5) is 2.07. The number of hydrogen-bond acceptors (Lipinski definition) is 4. The van der Waals surface area contributed by atoms with Gasteiger partial charge in [-0.15, -0.1) is 0 Å². The number of β-amino-alcohol motifs (C(OH)–C–C–N with tert-alkyl or cyclic N) is 2. The van der Waals surface area contributed by atoms with Crippen molar-refractivity contribution in [3.63, 3.8) is 0 Å². The number of aliphatic hydroxyl groups is 2. The van der Waals surface area contributed by atoms with E-state index in [1.807, 2.05) is 0 Å². The first-order chi connectivity index (χ1) is 5.74. The third kappa shape index (κ3) is 2.71. The first kappa shape index (κ1) is 9.92. The van der Waals surface area contributed by atoms with Crippen molar-refractivity contribution in [2.45, 2.75) is 19.1 Å². The van der Waals surface area contributed by atoms with Crippen LogP contribution in [0.4, 0.5) is 0 Å². The highest BCUT2D eigenvalue weighted by atomic mass is 16.3. The van der Waals surface area contributed by atoms with Gasteiger partial charge in [0.1, 0.15) is 0 Å². The standard InChI is InChI=1S/C8H18N2O2/c1-2-9-3-4-10-5-7(11)8(12)6-10/h7-9,11-12H,2-6H2,1H3/t7-,8-/m0/s1. The van der Waals surface area contributed by atoms with E-state index in [1.165, 1.54) is 0 Å². The summed E-state index contributed by atoms with van der Waals surface area (Å²) in [6.45, 7) is 6.07. The Bertz CT molecular complexity index is 122. The minimum atomic E-state index is -0.549. The average molecular weight is 174 g/mol. The highest BCUT2D eigenvalue weighted by Gasteiger charge is 2.28. The molecule has 2 atom stereocenters. The molecule has 1 heterocycles. The third-order valence-electron chi connectivity index (χ3n) is 2.19. The van der Waals surface area contributed by atoms with Gasteiger partial charge in [-0.2, -0.15) is 0 Å². The van der Waals surface area contributed by atoms with Crippen molar-refractivity contribution in [3.05, 3.63) is 0 Å². The maximum atomic E-state index is 9.21. The number of likely N-dealkylation sites (N-methyl/N-ethyl adjacent to an activating group) is 1. The molecule has 3 N–H and O–H groups in total. The van der Waals surface area contributed by atoms with Gasteiger partial charge in [0.15, 0.2) is 0 Å². The van der Waals surface area contributed by atoms with Gasteiger partial charge in [0, 0.05) is 26.2 Å². The molecule has 72 valence electrons. The van der Waals surface area contributed by atoms with Crippen LogP contribution >= 0.6 is 0 Å². The lowest BCUT2D eigenvalue weighted by Crippen LogP contribution is -2.31. The summed E-state index contributed by atoms with van der Waals surface area (Å²) in [5.74, 6) is 0. The molecule has 0 aromatic carbocycles. The van der Waals surface area contributed by atoms with Crippen molar-refractivity contribution >= 4 is 0 Å². The van der Waals surface area contributed by atoms with Crippen molar-refractivity contribution in [2.24, 2.45) is 0 Å². The van der Waals surface area contributed by atoms with Gasteiger partial charge in [-0.3, -0.25) is 4.90 Å². The fourth-order valence-corrected chi connectivity index (χ4v) is 1.44. The highest BCUT2D eigenvalue weighted by Crippen LogP contribution is 2.08. The van der Waals surface area contributed by atoms with Gasteiger partial charge in [0.25, 0.3) is 0 Å². The zero-order valence-corrected chi connectivity index (χ0v) is 7.53. The predicted octanol–water partition coefficient (Wildman–Crippen LogP) is -1.37. The molecule has 4 nitrogen and oxygen atoms in total. The molecule has 0 unspecified atom stereocenters. The number of nitrogens with one attached hydrogen (secondary N) is 1. The lowest BCUT2D eigenvalue weighted by atomic mass is 10.3. The first-order valence-corrected chi connectivity index (χ1v) is 4.53. The van der Waals surface area contributed by atoms with E-state index < -0.39 is 12.2 Å². The van der Waals surface area contributed by atoms with E-state index in [-0.39, 0.29) is 0 Å². The lowest BCUT2D eigenvalue weighted by Gasteiger charge is -2.13.